The van der Waals surface area contributed by atoms with Gasteiger partial charge in [0.1, 0.15) is 23.8 Å². The topological polar surface area (TPSA) is 119 Å². The Morgan fingerprint density at radius 3 is 1.33 bits per heavy atom. The number of hydrogen-bond donors (Lipinski definition) is 0. The number of benzene rings is 2. The lowest BCUT2D eigenvalue weighted by atomic mass is 9.90. The molecule has 0 aromatic heterocycles. The van der Waals surface area contributed by atoms with Crippen molar-refractivity contribution < 1.29 is 39.5 Å². The van der Waals surface area contributed by atoms with E-state index in [0.717, 1.165) is 6.07 Å². The number of alkyl halides is 9. The molecule has 0 saturated heterocycles. The second kappa shape index (κ2) is 9.33. The van der Waals surface area contributed by atoms with Gasteiger partial charge < -0.3 is 0 Å². The van der Waals surface area contributed by atoms with E-state index in [-0.39, 0.29) is 0 Å². The normalized spacial score (nSPS) is 12.3. The van der Waals surface area contributed by atoms with Crippen molar-refractivity contribution in [3.63, 3.8) is 0 Å². The average molecular weight is 509 g/mol. The summed E-state index contributed by atoms with van der Waals surface area (Å²) in [5.74, 6) is 0. The zero-order valence-corrected chi connectivity index (χ0v) is 16.9. The van der Waals surface area contributed by atoms with Crippen LogP contribution in [0.2, 0.25) is 0 Å². The molecule has 2 aromatic rings. The molecule has 5 nitrogen and oxygen atoms in total. The highest BCUT2D eigenvalue weighted by Gasteiger charge is 2.46. The highest BCUT2D eigenvalue weighted by Crippen LogP contribution is 2.45. The first-order valence-electron chi connectivity index (χ1n) is 8.88. The van der Waals surface area contributed by atoms with Gasteiger partial charge in [0, 0.05) is 16.0 Å². The smallest absolute Gasteiger partial charge is 0.192 e. The molecule has 180 valence electrons. The van der Waals surface area contributed by atoms with E-state index < -0.39 is 85.6 Å². The molecule has 0 unspecified atom stereocenters. The van der Waals surface area contributed by atoms with Crippen LogP contribution < -0.4 is 10.4 Å². The highest BCUT2D eigenvalue weighted by atomic mass is 19.4. The Kier molecular flexibility index (Phi) is 7.06. The van der Waals surface area contributed by atoms with Crippen LogP contribution in [-0.4, -0.2) is 0 Å². The van der Waals surface area contributed by atoms with Crippen LogP contribution in [0, 0.1) is 56.7 Å². The van der Waals surface area contributed by atoms with E-state index in [9.17, 15) is 55.3 Å². The summed E-state index contributed by atoms with van der Waals surface area (Å²) in [6, 6.07) is 6.81. The second-order valence-corrected chi connectivity index (χ2v) is 6.69. The fraction of sp³-hybridized carbons (Fsp3) is 0.136. The van der Waals surface area contributed by atoms with Gasteiger partial charge in [0.25, 0.3) is 0 Å². The molecule has 0 saturated carbocycles. The molecule has 0 amide bonds. The first-order chi connectivity index (χ1) is 16.5. The van der Waals surface area contributed by atoms with E-state index in [1.807, 2.05) is 0 Å². The molecule has 0 aliphatic heterocycles. The van der Waals surface area contributed by atoms with E-state index in [0.29, 0.717) is 12.1 Å². The molecule has 0 N–H and O–H groups in total. The van der Waals surface area contributed by atoms with Gasteiger partial charge in [-0.05, 0) is 24.3 Å². The van der Waals surface area contributed by atoms with Crippen LogP contribution in [-0.2, 0) is 18.5 Å². The Balaban J connectivity index is 3.33. The van der Waals surface area contributed by atoms with Gasteiger partial charge in [-0.15, -0.1) is 0 Å². The SMILES string of the molecule is N#CC(C#N)=c1cc(C#N)/c(=C(/C#N)c2cc(C(F)(F)F)c(C(F)(F)F)cc2C(F)(F)F)cc1C#N. The largest absolute Gasteiger partial charge is 0.417 e. The van der Waals surface area contributed by atoms with Gasteiger partial charge in [-0.3, -0.25) is 0 Å². The molecule has 0 spiro atoms. The number of hydrogen-bond acceptors (Lipinski definition) is 5. The van der Waals surface area contributed by atoms with E-state index >= 15 is 0 Å². The molecule has 0 atom stereocenters. The maximum absolute atomic E-state index is 13.7. The third-order valence-electron chi connectivity index (χ3n) is 4.62. The number of halogens is 9. The van der Waals surface area contributed by atoms with Gasteiger partial charge in [0.15, 0.2) is 0 Å². The summed E-state index contributed by atoms with van der Waals surface area (Å²) in [6.07, 6.45) is -17.3. The first kappa shape index (κ1) is 27.2. The van der Waals surface area contributed by atoms with Crippen molar-refractivity contribution in [2.45, 2.75) is 18.5 Å². The Morgan fingerprint density at radius 1 is 0.528 bits per heavy atom. The summed E-state index contributed by atoms with van der Waals surface area (Å²) in [5, 5.41) is 45.0. The predicted molar refractivity (Wildman–Crippen MR) is 99.3 cm³/mol. The molecule has 0 fully saturated rings. The summed E-state index contributed by atoms with van der Waals surface area (Å²) in [7, 11) is 0. The Hall–Kier alpha value is -5.00. The molecule has 2 rings (SSSR count). The van der Waals surface area contributed by atoms with Gasteiger partial charge >= 0.3 is 18.5 Å². The predicted octanol–water partition coefficient (Wildman–Crippen LogP) is 4.41. The molecule has 2 aromatic carbocycles. The Labute approximate surface area is 194 Å². The first-order valence-corrected chi connectivity index (χ1v) is 8.88. The van der Waals surface area contributed by atoms with Crippen LogP contribution in [0.1, 0.15) is 33.4 Å². The minimum absolute atomic E-state index is 0.459. The van der Waals surface area contributed by atoms with E-state index in [1.165, 1.54) is 24.3 Å². The van der Waals surface area contributed by atoms with Crippen molar-refractivity contribution in [3.05, 3.63) is 68.1 Å². The van der Waals surface area contributed by atoms with Crippen LogP contribution in [0.4, 0.5) is 39.5 Å². The molecule has 0 aliphatic carbocycles. The van der Waals surface area contributed by atoms with Crippen molar-refractivity contribution in [2.75, 3.05) is 0 Å². The van der Waals surface area contributed by atoms with Crippen molar-refractivity contribution in [3.8, 4) is 30.3 Å². The lowest BCUT2D eigenvalue weighted by Crippen LogP contribution is -2.24. The molecule has 0 bridgehead atoms. The van der Waals surface area contributed by atoms with Crippen LogP contribution in [0.25, 0.3) is 11.1 Å². The molecule has 0 heterocycles. The van der Waals surface area contributed by atoms with Gasteiger partial charge in [0.05, 0.1) is 45.5 Å². The van der Waals surface area contributed by atoms with Crippen molar-refractivity contribution >= 4 is 11.1 Å². The lowest BCUT2D eigenvalue weighted by molar-refractivity contribution is -0.163. The van der Waals surface area contributed by atoms with Crippen LogP contribution in [0.15, 0.2) is 24.3 Å². The molecular formula is C22H4F9N5. The van der Waals surface area contributed by atoms with Gasteiger partial charge in [-0.1, -0.05) is 0 Å². The molecular weight excluding hydrogens is 505 g/mol. The fourth-order valence-electron chi connectivity index (χ4n) is 3.12. The van der Waals surface area contributed by atoms with Gasteiger partial charge in [-0.2, -0.15) is 65.8 Å². The molecule has 0 aliphatic rings. The number of rotatable bonds is 1. The average Bonchev–Trinajstić information content (AvgIpc) is 2.78. The summed E-state index contributed by atoms with van der Waals surface area (Å²) >= 11 is 0. The van der Waals surface area contributed by atoms with Crippen LogP contribution in [0.3, 0.4) is 0 Å². The summed E-state index contributed by atoms with van der Waals surface area (Å²) < 4.78 is 121. The molecule has 36 heavy (non-hydrogen) atoms. The quantitative estimate of drug-likeness (QED) is 0.528. The second-order valence-electron chi connectivity index (χ2n) is 6.69. The number of nitriles is 5. The van der Waals surface area contributed by atoms with Crippen LogP contribution >= 0.6 is 0 Å². The number of nitrogens with zero attached hydrogens (tertiary/aromatic N) is 5. The summed E-state index contributed by atoms with van der Waals surface area (Å²) in [6.45, 7) is 0. The maximum Gasteiger partial charge on any atom is 0.417 e. The zero-order chi connectivity index (χ0) is 27.6. The summed E-state index contributed by atoms with van der Waals surface area (Å²) in [4.78, 5) is 0. The van der Waals surface area contributed by atoms with E-state index in [2.05, 4.69) is 0 Å². The van der Waals surface area contributed by atoms with Gasteiger partial charge in [-0.25, -0.2) is 0 Å². The van der Waals surface area contributed by atoms with E-state index in [4.69, 9.17) is 10.5 Å². The Morgan fingerprint density at radius 2 is 0.944 bits per heavy atom. The van der Waals surface area contributed by atoms with Crippen molar-refractivity contribution in [1.29, 1.82) is 26.3 Å². The monoisotopic (exact) mass is 509 g/mol. The zero-order valence-electron chi connectivity index (χ0n) is 16.9. The minimum atomic E-state index is -5.86. The van der Waals surface area contributed by atoms with Crippen LogP contribution in [0.5, 0.6) is 0 Å². The minimum Gasteiger partial charge on any atom is -0.192 e. The summed E-state index contributed by atoms with van der Waals surface area (Å²) in [5.41, 5.74) is -12.5. The highest BCUT2D eigenvalue weighted by molar-refractivity contribution is 5.81. The molecule has 0 radical (unpaired) electrons. The van der Waals surface area contributed by atoms with E-state index in [1.54, 1.807) is 0 Å². The van der Waals surface area contributed by atoms with Crippen molar-refractivity contribution in [2.24, 2.45) is 0 Å². The maximum atomic E-state index is 13.7. The third-order valence-corrected chi connectivity index (χ3v) is 4.62. The fourth-order valence-corrected chi connectivity index (χ4v) is 3.12. The third kappa shape index (κ3) is 5.06. The Bertz CT molecular complexity index is 1580. The lowest BCUT2D eigenvalue weighted by Gasteiger charge is -2.21. The van der Waals surface area contributed by atoms with Crippen molar-refractivity contribution in [1.82, 2.24) is 0 Å². The van der Waals surface area contributed by atoms with Gasteiger partial charge in [0.2, 0.25) is 0 Å². The standard InChI is InChI=1S/C22H4F9N5/c23-20(24,25)17-4-19(22(29,30)31)18(21(26,27)28)3-15(17)16(9-36)14-2-10(5-32)13(1-11(14)6-33)12(7-34)8-35/h1-4H/b16-14-. The molecule has 14 heteroatoms.